The van der Waals surface area contributed by atoms with E-state index in [1.807, 2.05) is 6.92 Å². The van der Waals surface area contributed by atoms with Crippen molar-refractivity contribution in [2.24, 2.45) is 0 Å². The third-order valence-corrected chi connectivity index (χ3v) is 3.41. The Balaban J connectivity index is 2.20. The molecule has 0 saturated heterocycles. The summed E-state index contributed by atoms with van der Waals surface area (Å²) in [5, 5.41) is 12.1. The molecule has 0 aromatic heterocycles. The van der Waals surface area contributed by atoms with Crippen LogP contribution < -0.4 is 5.32 Å². The largest absolute Gasteiger partial charge is 0.478 e. The molecule has 1 aliphatic carbocycles. The summed E-state index contributed by atoms with van der Waals surface area (Å²) in [4.78, 5) is 13.2. The van der Waals surface area contributed by atoms with Crippen molar-refractivity contribution in [3.05, 3.63) is 11.6 Å². The Kier molecular flexibility index (Phi) is 5.65. The molecule has 0 aromatic carbocycles. The first-order chi connectivity index (χ1) is 8.06. The van der Waals surface area contributed by atoms with E-state index in [1.165, 1.54) is 12.8 Å². The SMILES string of the molecule is CCC(=CCNCC(C)N(C)C1CC1)C(=O)O. The molecule has 1 fully saturated rings. The lowest BCUT2D eigenvalue weighted by molar-refractivity contribution is -0.132. The van der Waals surface area contributed by atoms with E-state index < -0.39 is 5.97 Å². The number of carboxylic acid groups (broad SMARTS) is 1. The molecule has 0 aliphatic heterocycles. The van der Waals surface area contributed by atoms with E-state index in [0.29, 0.717) is 24.6 Å². The predicted molar refractivity (Wildman–Crippen MR) is 69.1 cm³/mol. The molecular formula is C13H24N2O2. The second kappa shape index (κ2) is 6.77. The summed E-state index contributed by atoms with van der Waals surface area (Å²) in [6, 6.07) is 1.28. The number of carbonyl (C=O) groups is 1. The zero-order valence-electron chi connectivity index (χ0n) is 11.1. The topological polar surface area (TPSA) is 52.6 Å². The number of nitrogens with zero attached hydrogens (tertiary/aromatic N) is 1. The Bertz CT molecular complexity index is 285. The van der Waals surface area contributed by atoms with Crippen LogP contribution in [-0.2, 0) is 4.79 Å². The standard InChI is InChI=1S/C13H24N2O2/c1-4-11(13(16)17)7-8-14-9-10(2)15(3)12-5-6-12/h7,10,12,14H,4-6,8-9H2,1-3H3,(H,16,17). The van der Waals surface area contributed by atoms with Crippen molar-refractivity contribution < 1.29 is 9.90 Å². The van der Waals surface area contributed by atoms with Crippen LogP contribution in [0.4, 0.5) is 0 Å². The van der Waals surface area contributed by atoms with Crippen LogP contribution >= 0.6 is 0 Å². The molecule has 1 aliphatic rings. The summed E-state index contributed by atoms with van der Waals surface area (Å²) in [5.74, 6) is -0.808. The molecule has 1 unspecified atom stereocenters. The van der Waals surface area contributed by atoms with Crippen molar-refractivity contribution in [2.75, 3.05) is 20.1 Å². The molecule has 1 saturated carbocycles. The maximum atomic E-state index is 10.8. The lowest BCUT2D eigenvalue weighted by Crippen LogP contribution is -2.39. The zero-order chi connectivity index (χ0) is 12.8. The molecule has 4 nitrogen and oxygen atoms in total. The van der Waals surface area contributed by atoms with Crippen molar-refractivity contribution in [1.82, 2.24) is 10.2 Å². The minimum absolute atomic E-state index is 0.487. The predicted octanol–water partition coefficient (Wildman–Crippen LogP) is 1.48. The molecular weight excluding hydrogens is 216 g/mol. The second-order valence-electron chi connectivity index (χ2n) is 4.79. The summed E-state index contributed by atoms with van der Waals surface area (Å²) in [6.07, 6.45) is 4.99. The van der Waals surface area contributed by atoms with Gasteiger partial charge in [0.2, 0.25) is 0 Å². The first-order valence-corrected chi connectivity index (χ1v) is 6.41. The highest BCUT2D eigenvalue weighted by atomic mass is 16.4. The normalized spacial score (nSPS) is 18.5. The minimum atomic E-state index is -0.808. The number of likely N-dealkylation sites (N-methyl/N-ethyl adjacent to an activating group) is 1. The van der Waals surface area contributed by atoms with Gasteiger partial charge in [0.1, 0.15) is 0 Å². The first kappa shape index (κ1) is 14.2. The molecule has 0 spiro atoms. The van der Waals surface area contributed by atoms with Crippen LogP contribution in [0.1, 0.15) is 33.1 Å². The molecule has 17 heavy (non-hydrogen) atoms. The molecule has 0 heterocycles. The molecule has 4 heteroatoms. The van der Waals surface area contributed by atoms with Crippen molar-refractivity contribution in [1.29, 1.82) is 0 Å². The number of hydrogen-bond donors (Lipinski definition) is 2. The molecule has 1 rings (SSSR count). The summed E-state index contributed by atoms with van der Waals surface area (Å²) in [7, 11) is 2.16. The van der Waals surface area contributed by atoms with Crippen LogP contribution in [0.15, 0.2) is 11.6 Å². The quantitative estimate of drug-likeness (QED) is 0.498. The van der Waals surface area contributed by atoms with Gasteiger partial charge < -0.3 is 10.4 Å². The Morgan fingerprint density at radius 3 is 2.71 bits per heavy atom. The van der Waals surface area contributed by atoms with E-state index in [-0.39, 0.29) is 0 Å². The van der Waals surface area contributed by atoms with Gasteiger partial charge in [-0.3, -0.25) is 4.90 Å². The molecule has 0 aromatic rings. The lowest BCUT2D eigenvalue weighted by atomic mass is 10.2. The second-order valence-corrected chi connectivity index (χ2v) is 4.79. The number of aliphatic carboxylic acids is 1. The highest BCUT2D eigenvalue weighted by molar-refractivity contribution is 5.86. The fourth-order valence-corrected chi connectivity index (χ4v) is 1.86. The lowest BCUT2D eigenvalue weighted by Gasteiger charge is -2.24. The minimum Gasteiger partial charge on any atom is -0.478 e. The maximum Gasteiger partial charge on any atom is 0.331 e. The third-order valence-electron chi connectivity index (χ3n) is 3.41. The summed E-state index contributed by atoms with van der Waals surface area (Å²) in [5.41, 5.74) is 0.487. The van der Waals surface area contributed by atoms with Gasteiger partial charge in [0.05, 0.1) is 0 Å². The molecule has 98 valence electrons. The van der Waals surface area contributed by atoms with Crippen molar-refractivity contribution >= 4 is 5.97 Å². The van der Waals surface area contributed by atoms with Gasteiger partial charge >= 0.3 is 5.97 Å². The van der Waals surface area contributed by atoms with Gasteiger partial charge in [-0.1, -0.05) is 13.0 Å². The number of carboxylic acids is 1. The molecule has 0 amide bonds. The smallest absolute Gasteiger partial charge is 0.331 e. The Labute approximate surface area is 104 Å². The van der Waals surface area contributed by atoms with Gasteiger partial charge in [0.25, 0.3) is 0 Å². The summed E-state index contributed by atoms with van der Waals surface area (Å²) in [6.45, 7) is 5.61. The highest BCUT2D eigenvalue weighted by Gasteiger charge is 2.28. The zero-order valence-corrected chi connectivity index (χ0v) is 11.1. The number of hydrogen-bond acceptors (Lipinski definition) is 3. The van der Waals surface area contributed by atoms with Crippen LogP contribution in [0, 0.1) is 0 Å². The van der Waals surface area contributed by atoms with Gasteiger partial charge in [-0.15, -0.1) is 0 Å². The molecule has 0 bridgehead atoms. The van der Waals surface area contributed by atoms with Gasteiger partial charge in [-0.25, -0.2) is 4.79 Å². The van der Waals surface area contributed by atoms with Crippen molar-refractivity contribution in [3.63, 3.8) is 0 Å². The fraction of sp³-hybridized carbons (Fsp3) is 0.769. The average molecular weight is 240 g/mol. The highest BCUT2D eigenvalue weighted by Crippen LogP contribution is 2.26. The van der Waals surface area contributed by atoms with E-state index in [1.54, 1.807) is 6.08 Å². The third kappa shape index (κ3) is 4.88. The van der Waals surface area contributed by atoms with Gasteiger partial charge in [0, 0.05) is 30.7 Å². The molecule has 0 radical (unpaired) electrons. The number of rotatable bonds is 8. The van der Waals surface area contributed by atoms with E-state index in [0.717, 1.165) is 12.6 Å². The van der Waals surface area contributed by atoms with Crippen LogP contribution in [-0.4, -0.2) is 48.2 Å². The van der Waals surface area contributed by atoms with Crippen LogP contribution in [0.5, 0.6) is 0 Å². The first-order valence-electron chi connectivity index (χ1n) is 6.41. The average Bonchev–Trinajstić information content (AvgIpc) is 3.11. The van der Waals surface area contributed by atoms with E-state index in [9.17, 15) is 4.79 Å². The number of nitrogens with one attached hydrogen (secondary N) is 1. The van der Waals surface area contributed by atoms with Gasteiger partial charge in [-0.05, 0) is 33.2 Å². The summed E-state index contributed by atoms with van der Waals surface area (Å²) < 4.78 is 0. The Morgan fingerprint density at radius 1 is 1.59 bits per heavy atom. The van der Waals surface area contributed by atoms with E-state index in [4.69, 9.17) is 5.11 Å². The van der Waals surface area contributed by atoms with Crippen LogP contribution in [0.25, 0.3) is 0 Å². The fourth-order valence-electron chi connectivity index (χ4n) is 1.86. The van der Waals surface area contributed by atoms with Crippen LogP contribution in [0.2, 0.25) is 0 Å². The molecule has 2 N–H and O–H groups in total. The Morgan fingerprint density at radius 2 is 2.24 bits per heavy atom. The van der Waals surface area contributed by atoms with Crippen molar-refractivity contribution in [3.8, 4) is 0 Å². The maximum absolute atomic E-state index is 10.8. The van der Waals surface area contributed by atoms with Crippen LogP contribution in [0.3, 0.4) is 0 Å². The van der Waals surface area contributed by atoms with Gasteiger partial charge in [0.15, 0.2) is 0 Å². The molecule has 1 atom stereocenters. The Hall–Kier alpha value is -0.870. The van der Waals surface area contributed by atoms with E-state index in [2.05, 4.69) is 24.2 Å². The van der Waals surface area contributed by atoms with E-state index >= 15 is 0 Å². The summed E-state index contributed by atoms with van der Waals surface area (Å²) >= 11 is 0. The van der Waals surface area contributed by atoms with Gasteiger partial charge in [-0.2, -0.15) is 0 Å². The monoisotopic (exact) mass is 240 g/mol. The van der Waals surface area contributed by atoms with Crippen molar-refractivity contribution in [2.45, 2.75) is 45.2 Å².